The maximum atomic E-state index is 12.6. The highest BCUT2D eigenvalue weighted by Gasteiger charge is 2.19. The normalized spacial score (nSPS) is 10.5. The molecular weight excluding hydrogens is 240 g/mol. The van der Waals surface area contributed by atoms with E-state index in [1.165, 1.54) is 0 Å². The van der Waals surface area contributed by atoms with Gasteiger partial charge in [0.1, 0.15) is 5.75 Å². The van der Waals surface area contributed by atoms with E-state index in [-0.39, 0.29) is 5.78 Å². The van der Waals surface area contributed by atoms with Crippen molar-refractivity contribution in [1.82, 2.24) is 9.78 Å². The summed E-state index contributed by atoms with van der Waals surface area (Å²) in [5.74, 6) is 0.593. The molecule has 0 N–H and O–H groups in total. The van der Waals surface area contributed by atoms with Gasteiger partial charge in [0.05, 0.1) is 23.4 Å². The average molecular weight is 258 g/mol. The fraction of sp³-hybridized carbons (Fsp3) is 0.333. The first kappa shape index (κ1) is 13.3. The molecule has 2 aromatic rings. The van der Waals surface area contributed by atoms with Crippen LogP contribution < -0.4 is 4.74 Å². The number of para-hydroxylation sites is 1. The summed E-state index contributed by atoms with van der Waals surface area (Å²) >= 11 is 0. The van der Waals surface area contributed by atoms with E-state index in [2.05, 4.69) is 5.10 Å². The third kappa shape index (κ3) is 2.67. The first-order chi connectivity index (χ1) is 9.17. The van der Waals surface area contributed by atoms with Crippen molar-refractivity contribution in [1.29, 1.82) is 0 Å². The van der Waals surface area contributed by atoms with Crippen LogP contribution in [-0.2, 0) is 13.5 Å². The smallest absolute Gasteiger partial charge is 0.200 e. The molecular formula is C15H18N2O2. The van der Waals surface area contributed by atoms with Crippen LogP contribution in [0.1, 0.15) is 35.5 Å². The van der Waals surface area contributed by atoms with Crippen LogP contribution in [-0.4, -0.2) is 22.2 Å². The Morgan fingerprint density at radius 3 is 2.68 bits per heavy atom. The summed E-state index contributed by atoms with van der Waals surface area (Å²) in [7, 11) is 1.82. The molecule has 100 valence electrons. The Morgan fingerprint density at radius 1 is 1.26 bits per heavy atom. The van der Waals surface area contributed by atoms with E-state index < -0.39 is 0 Å². The van der Waals surface area contributed by atoms with Gasteiger partial charge in [-0.2, -0.15) is 5.10 Å². The summed E-state index contributed by atoms with van der Waals surface area (Å²) in [4.78, 5) is 12.6. The maximum Gasteiger partial charge on any atom is 0.200 e. The summed E-state index contributed by atoms with van der Waals surface area (Å²) < 4.78 is 7.19. The highest BCUT2D eigenvalue weighted by molar-refractivity contribution is 6.11. The van der Waals surface area contributed by atoms with Gasteiger partial charge in [-0.3, -0.25) is 9.48 Å². The Morgan fingerprint density at radius 2 is 2.00 bits per heavy atom. The molecule has 0 radical (unpaired) electrons. The minimum absolute atomic E-state index is 0.0333. The number of aryl methyl sites for hydroxylation is 2. The Hall–Kier alpha value is -2.10. The van der Waals surface area contributed by atoms with Gasteiger partial charge in [-0.1, -0.05) is 19.1 Å². The average Bonchev–Trinajstić information content (AvgIpc) is 2.80. The molecule has 0 amide bonds. The van der Waals surface area contributed by atoms with E-state index in [0.717, 1.165) is 12.1 Å². The molecule has 1 aromatic heterocycles. The highest BCUT2D eigenvalue weighted by atomic mass is 16.5. The van der Waals surface area contributed by atoms with Crippen LogP contribution in [0.5, 0.6) is 5.75 Å². The molecule has 0 saturated heterocycles. The monoisotopic (exact) mass is 258 g/mol. The second-order valence-corrected chi connectivity index (χ2v) is 4.27. The van der Waals surface area contributed by atoms with E-state index in [4.69, 9.17) is 4.74 Å². The lowest BCUT2D eigenvalue weighted by atomic mass is 10.0. The maximum absolute atomic E-state index is 12.6. The van der Waals surface area contributed by atoms with Crippen molar-refractivity contribution in [2.45, 2.75) is 20.3 Å². The van der Waals surface area contributed by atoms with Crippen molar-refractivity contribution in [3.05, 3.63) is 47.3 Å². The molecule has 0 bridgehead atoms. The minimum atomic E-state index is -0.0333. The zero-order chi connectivity index (χ0) is 13.8. The van der Waals surface area contributed by atoms with Crippen molar-refractivity contribution >= 4 is 5.78 Å². The van der Waals surface area contributed by atoms with Gasteiger partial charge < -0.3 is 4.74 Å². The molecule has 1 heterocycles. The molecule has 19 heavy (non-hydrogen) atoms. The van der Waals surface area contributed by atoms with Gasteiger partial charge in [-0.05, 0) is 25.5 Å². The molecule has 0 spiro atoms. The van der Waals surface area contributed by atoms with Crippen molar-refractivity contribution in [2.24, 2.45) is 7.05 Å². The summed E-state index contributed by atoms with van der Waals surface area (Å²) in [5, 5.41) is 4.31. The molecule has 2 rings (SSSR count). The van der Waals surface area contributed by atoms with Crippen LogP contribution in [0.4, 0.5) is 0 Å². The van der Waals surface area contributed by atoms with Crippen LogP contribution in [0.3, 0.4) is 0 Å². The van der Waals surface area contributed by atoms with Crippen molar-refractivity contribution in [3.63, 3.8) is 0 Å². The summed E-state index contributed by atoms with van der Waals surface area (Å²) in [6.07, 6.45) is 2.50. The van der Waals surface area contributed by atoms with Gasteiger partial charge in [0.15, 0.2) is 5.78 Å². The second kappa shape index (κ2) is 5.69. The van der Waals surface area contributed by atoms with Gasteiger partial charge >= 0.3 is 0 Å². The predicted octanol–water partition coefficient (Wildman–Crippen LogP) is 2.61. The number of aromatic nitrogens is 2. The van der Waals surface area contributed by atoms with Crippen LogP contribution >= 0.6 is 0 Å². The Balaban J connectivity index is 2.43. The predicted molar refractivity (Wildman–Crippen MR) is 73.6 cm³/mol. The number of carbonyl (C=O) groups is 1. The van der Waals surface area contributed by atoms with Crippen molar-refractivity contribution in [3.8, 4) is 5.75 Å². The van der Waals surface area contributed by atoms with Gasteiger partial charge in [0, 0.05) is 13.2 Å². The van der Waals surface area contributed by atoms with Crippen LogP contribution in [0.15, 0.2) is 30.5 Å². The lowest BCUT2D eigenvalue weighted by Crippen LogP contribution is -2.06. The quantitative estimate of drug-likeness (QED) is 0.774. The van der Waals surface area contributed by atoms with Crippen LogP contribution in [0.25, 0.3) is 0 Å². The zero-order valence-corrected chi connectivity index (χ0v) is 11.5. The third-order valence-electron chi connectivity index (χ3n) is 2.92. The fourth-order valence-electron chi connectivity index (χ4n) is 2.07. The van der Waals surface area contributed by atoms with Gasteiger partial charge in [-0.25, -0.2) is 0 Å². The van der Waals surface area contributed by atoms with Crippen LogP contribution in [0, 0.1) is 0 Å². The van der Waals surface area contributed by atoms with Crippen molar-refractivity contribution < 1.29 is 9.53 Å². The topological polar surface area (TPSA) is 44.1 Å². The number of ketones is 1. The third-order valence-corrected chi connectivity index (χ3v) is 2.92. The molecule has 4 heteroatoms. The van der Waals surface area contributed by atoms with E-state index in [1.54, 1.807) is 16.9 Å². The Bertz CT molecular complexity index is 588. The molecule has 1 aromatic carbocycles. The SMILES string of the molecule is CCOc1ccccc1C(=O)c1cn(C)nc1CC. The van der Waals surface area contributed by atoms with Gasteiger partial charge in [-0.15, -0.1) is 0 Å². The molecule has 0 aliphatic carbocycles. The van der Waals surface area contributed by atoms with Gasteiger partial charge in [0.2, 0.25) is 0 Å². The lowest BCUT2D eigenvalue weighted by molar-refractivity contribution is 0.103. The molecule has 0 saturated carbocycles. The van der Waals surface area contributed by atoms with Gasteiger partial charge in [0.25, 0.3) is 0 Å². The standard InChI is InChI=1S/C15H18N2O2/c1-4-13-12(10-17(3)16-13)15(18)11-8-6-7-9-14(11)19-5-2/h6-10H,4-5H2,1-3H3. The van der Waals surface area contributed by atoms with E-state index in [1.807, 2.05) is 39.1 Å². The first-order valence-corrected chi connectivity index (χ1v) is 6.46. The summed E-state index contributed by atoms with van der Waals surface area (Å²) in [6.45, 7) is 4.44. The number of carbonyl (C=O) groups excluding carboxylic acids is 1. The molecule has 0 aliphatic rings. The number of ether oxygens (including phenoxy) is 1. The molecule has 0 unspecified atom stereocenters. The molecule has 0 atom stereocenters. The van der Waals surface area contributed by atoms with E-state index in [0.29, 0.717) is 23.5 Å². The number of benzene rings is 1. The summed E-state index contributed by atoms with van der Waals surface area (Å²) in [5.41, 5.74) is 2.06. The zero-order valence-electron chi connectivity index (χ0n) is 11.5. The lowest BCUT2D eigenvalue weighted by Gasteiger charge is -2.08. The van der Waals surface area contributed by atoms with E-state index in [9.17, 15) is 4.79 Å². The number of nitrogens with zero attached hydrogens (tertiary/aromatic N) is 2. The largest absolute Gasteiger partial charge is 0.493 e. The molecule has 0 aliphatic heterocycles. The molecule has 0 fully saturated rings. The second-order valence-electron chi connectivity index (χ2n) is 4.27. The number of hydrogen-bond donors (Lipinski definition) is 0. The number of hydrogen-bond acceptors (Lipinski definition) is 3. The number of rotatable bonds is 5. The van der Waals surface area contributed by atoms with Crippen molar-refractivity contribution in [2.75, 3.05) is 6.61 Å². The van der Waals surface area contributed by atoms with E-state index >= 15 is 0 Å². The first-order valence-electron chi connectivity index (χ1n) is 6.46. The Kier molecular flexibility index (Phi) is 4.00. The minimum Gasteiger partial charge on any atom is -0.493 e. The highest BCUT2D eigenvalue weighted by Crippen LogP contribution is 2.23. The fourth-order valence-corrected chi connectivity index (χ4v) is 2.07. The Labute approximate surface area is 113 Å². The molecule has 4 nitrogen and oxygen atoms in total. The van der Waals surface area contributed by atoms with Crippen LogP contribution in [0.2, 0.25) is 0 Å². The summed E-state index contributed by atoms with van der Waals surface area (Å²) in [6, 6.07) is 7.32.